The van der Waals surface area contributed by atoms with Gasteiger partial charge in [0.15, 0.2) is 6.29 Å². The van der Waals surface area contributed by atoms with Crippen molar-refractivity contribution in [2.75, 3.05) is 19.8 Å². The zero-order valence-corrected chi connectivity index (χ0v) is 10.7. The van der Waals surface area contributed by atoms with Crippen LogP contribution in [0.15, 0.2) is 24.3 Å². The van der Waals surface area contributed by atoms with Crippen molar-refractivity contribution in [2.45, 2.75) is 18.4 Å². The largest absolute Gasteiger partial charge is 0.368 e. The van der Waals surface area contributed by atoms with Crippen molar-refractivity contribution in [3.05, 3.63) is 35.4 Å². The summed E-state index contributed by atoms with van der Waals surface area (Å²) in [5.74, 6) is -0.548. The molecule has 1 aromatic rings. The molecule has 0 aromatic heterocycles. The van der Waals surface area contributed by atoms with E-state index in [-0.39, 0.29) is 43.5 Å². The van der Waals surface area contributed by atoms with Gasteiger partial charge in [0.05, 0.1) is 37.0 Å². The van der Waals surface area contributed by atoms with Crippen molar-refractivity contribution in [1.29, 1.82) is 0 Å². The third kappa shape index (κ3) is 1.76. The van der Waals surface area contributed by atoms with Crippen molar-refractivity contribution < 1.29 is 23.8 Å². The lowest BCUT2D eigenvalue weighted by Crippen LogP contribution is -2.50. The normalized spacial score (nSPS) is 32.4. The number of rotatable bonds is 2. The molecule has 104 valence electrons. The van der Waals surface area contributed by atoms with Gasteiger partial charge in [0.1, 0.15) is 6.10 Å². The number of epoxide rings is 1. The number of hydrogen-bond donors (Lipinski definition) is 0. The van der Waals surface area contributed by atoms with E-state index in [1.807, 2.05) is 0 Å². The van der Waals surface area contributed by atoms with Crippen LogP contribution in [-0.4, -0.2) is 55.0 Å². The van der Waals surface area contributed by atoms with Crippen molar-refractivity contribution in [3.8, 4) is 0 Å². The van der Waals surface area contributed by atoms with Crippen LogP contribution >= 0.6 is 0 Å². The maximum atomic E-state index is 12.3. The molecule has 3 heterocycles. The number of fused-ring (bicyclic) bond motifs is 1. The van der Waals surface area contributed by atoms with Gasteiger partial charge in [-0.15, -0.1) is 0 Å². The molecule has 0 radical (unpaired) electrons. The van der Waals surface area contributed by atoms with Crippen LogP contribution in [0.25, 0.3) is 0 Å². The fourth-order valence-corrected chi connectivity index (χ4v) is 2.62. The van der Waals surface area contributed by atoms with Gasteiger partial charge >= 0.3 is 0 Å². The molecule has 20 heavy (non-hydrogen) atoms. The van der Waals surface area contributed by atoms with E-state index >= 15 is 0 Å². The van der Waals surface area contributed by atoms with Crippen molar-refractivity contribution in [1.82, 2.24) is 4.90 Å². The molecule has 6 nitrogen and oxygen atoms in total. The third-order valence-electron chi connectivity index (χ3n) is 3.76. The maximum Gasteiger partial charge on any atom is 0.261 e. The van der Waals surface area contributed by atoms with Gasteiger partial charge in [0.25, 0.3) is 11.8 Å². The average Bonchev–Trinajstić information content (AvgIpc) is 3.29. The van der Waals surface area contributed by atoms with Crippen molar-refractivity contribution in [2.24, 2.45) is 0 Å². The zero-order chi connectivity index (χ0) is 13.7. The van der Waals surface area contributed by atoms with Crippen LogP contribution in [0.1, 0.15) is 20.7 Å². The summed E-state index contributed by atoms with van der Waals surface area (Å²) in [7, 11) is 0. The highest BCUT2D eigenvalue weighted by Crippen LogP contribution is 2.28. The molecule has 4 rings (SSSR count). The van der Waals surface area contributed by atoms with Crippen LogP contribution in [0, 0.1) is 0 Å². The molecular weight excluding hydrogens is 262 g/mol. The number of carbonyl (C=O) groups excluding carboxylic acids is 2. The van der Waals surface area contributed by atoms with Gasteiger partial charge in [-0.3, -0.25) is 14.5 Å². The first-order chi connectivity index (χ1) is 9.75. The molecule has 0 spiro atoms. The summed E-state index contributed by atoms with van der Waals surface area (Å²) < 4.78 is 16.2. The fourth-order valence-electron chi connectivity index (χ4n) is 2.62. The molecule has 0 unspecified atom stereocenters. The average molecular weight is 275 g/mol. The second kappa shape index (κ2) is 4.37. The minimum Gasteiger partial charge on any atom is -0.368 e. The zero-order valence-electron chi connectivity index (χ0n) is 10.7. The van der Waals surface area contributed by atoms with Crippen LogP contribution in [0.5, 0.6) is 0 Å². The van der Waals surface area contributed by atoms with E-state index in [1.54, 1.807) is 24.3 Å². The summed E-state index contributed by atoms with van der Waals surface area (Å²) in [5, 5.41) is 0. The Morgan fingerprint density at radius 3 is 1.95 bits per heavy atom. The molecule has 6 heteroatoms. The second-order valence-electron chi connectivity index (χ2n) is 5.09. The van der Waals surface area contributed by atoms with Crippen LogP contribution in [-0.2, 0) is 14.2 Å². The van der Waals surface area contributed by atoms with Gasteiger partial charge in [0.2, 0.25) is 0 Å². The van der Waals surface area contributed by atoms with Crippen molar-refractivity contribution >= 4 is 11.8 Å². The van der Waals surface area contributed by atoms with E-state index < -0.39 is 0 Å². The van der Waals surface area contributed by atoms with E-state index in [4.69, 9.17) is 14.2 Å². The molecule has 1 atom stereocenters. The lowest BCUT2D eigenvalue weighted by Gasteiger charge is -2.33. The van der Waals surface area contributed by atoms with E-state index in [1.165, 1.54) is 4.90 Å². The summed E-state index contributed by atoms with van der Waals surface area (Å²) in [6, 6.07) is 6.46. The molecule has 0 bridgehead atoms. The van der Waals surface area contributed by atoms with Gasteiger partial charge in [0, 0.05) is 0 Å². The smallest absolute Gasteiger partial charge is 0.261 e. The van der Waals surface area contributed by atoms with E-state index in [2.05, 4.69) is 0 Å². The Kier molecular flexibility index (Phi) is 2.63. The van der Waals surface area contributed by atoms with Gasteiger partial charge < -0.3 is 14.2 Å². The first-order valence-corrected chi connectivity index (χ1v) is 6.57. The maximum absolute atomic E-state index is 12.3. The van der Waals surface area contributed by atoms with Crippen LogP contribution in [0.2, 0.25) is 0 Å². The highest BCUT2D eigenvalue weighted by Gasteiger charge is 2.44. The quantitative estimate of drug-likeness (QED) is 0.578. The minimum atomic E-state index is -0.377. The summed E-state index contributed by atoms with van der Waals surface area (Å²) in [6.07, 6.45) is -0.375. The molecule has 0 saturated carbocycles. The predicted molar refractivity (Wildman–Crippen MR) is 66.2 cm³/mol. The Morgan fingerprint density at radius 2 is 1.45 bits per heavy atom. The van der Waals surface area contributed by atoms with E-state index in [0.717, 1.165) is 0 Å². The van der Waals surface area contributed by atoms with E-state index in [0.29, 0.717) is 17.7 Å². The third-order valence-corrected chi connectivity index (χ3v) is 3.76. The minimum absolute atomic E-state index is 0.00173. The Hall–Kier alpha value is -1.76. The van der Waals surface area contributed by atoms with Crippen LogP contribution in [0.3, 0.4) is 0 Å². The summed E-state index contributed by atoms with van der Waals surface area (Å²) in [6.45, 7) is 1.22. The second-order valence-corrected chi connectivity index (χ2v) is 5.09. The number of hydrogen-bond acceptors (Lipinski definition) is 5. The van der Waals surface area contributed by atoms with Gasteiger partial charge in [-0.05, 0) is 12.1 Å². The molecule has 1 aromatic carbocycles. The lowest BCUT2D eigenvalue weighted by molar-refractivity contribution is -0.205. The molecule has 2 amide bonds. The Balaban J connectivity index is 1.53. The molecule has 3 aliphatic heterocycles. The topological polar surface area (TPSA) is 68.4 Å². The summed E-state index contributed by atoms with van der Waals surface area (Å²) in [5.41, 5.74) is 0.898. The van der Waals surface area contributed by atoms with Crippen molar-refractivity contribution in [3.63, 3.8) is 0 Å². The number of imide groups is 1. The highest BCUT2D eigenvalue weighted by atomic mass is 16.7. The first kappa shape index (κ1) is 12.0. The predicted octanol–water partition coefficient (Wildman–Crippen LogP) is 0.423. The first-order valence-electron chi connectivity index (χ1n) is 6.57. The Bertz CT molecular complexity index is 540. The summed E-state index contributed by atoms with van der Waals surface area (Å²) in [4.78, 5) is 25.9. The molecule has 3 aliphatic rings. The number of amides is 2. The van der Waals surface area contributed by atoms with E-state index in [9.17, 15) is 9.59 Å². The summed E-state index contributed by atoms with van der Waals surface area (Å²) >= 11 is 0. The number of benzene rings is 1. The van der Waals surface area contributed by atoms with Crippen LogP contribution < -0.4 is 0 Å². The molecule has 2 saturated heterocycles. The number of ether oxygens (including phenoxy) is 3. The van der Waals surface area contributed by atoms with Gasteiger partial charge in [-0.1, -0.05) is 12.1 Å². The number of carbonyl (C=O) groups is 2. The molecule has 2 fully saturated rings. The molecule has 0 aliphatic carbocycles. The lowest BCUT2D eigenvalue weighted by atomic mass is 10.1. The Morgan fingerprint density at radius 1 is 0.900 bits per heavy atom. The molecule has 0 N–H and O–H groups in total. The molecular formula is C14H13NO5. The number of nitrogens with zero attached hydrogens (tertiary/aromatic N) is 1. The SMILES string of the molecule is O=C1c2ccccc2C(=O)N1C1COC([C@H]2CO2)OC1. The van der Waals surface area contributed by atoms with Crippen LogP contribution in [0.4, 0.5) is 0 Å². The van der Waals surface area contributed by atoms with Gasteiger partial charge in [-0.25, -0.2) is 0 Å². The Labute approximate surface area is 115 Å². The fraction of sp³-hybridized carbons (Fsp3) is 0.429. The highest BCUT2D eigenvalue weighted by molar-refractivity contribution is 6.21. The standard InChI is InChI=1S/C14H13NO5/c16-12-9-3-1-2-4-10(9)13(17)15(12)8-5-19-14(20-6-8)11-7-18-11/h1-4,8,11,14H,5-7H2/t8?,11-,14?/m1/s1. The monoisotopic (exact) mass is 275 g/mol. The van der Waals surface area contributed by atoms with Gasteiger partial charge in [-0.2, -0.15) is 0 Å².